The Morgan fingerprint density at radius 2 is 2.05 bits per heavy atom. The lowest BCUT2D eigenvalue weighted by atomic mass is 10.1. The zero-order chi connectivity index (χ0) is 27.2. The first-order chi connectivity index (χ1) is 18.3. The molecule has 2 amide bonds. The van der Waals surface area contributed by atoms with Crippen LogP contribution in [0.4, 0.5) is 26.0 Å². The molecule has 38 heavy (non-hydrogen) atoms. The number of hydrogen-bond acceptors (Lipinski definition) is 7. The fourth-order valence-corrected chi connectivity index (χ4v) is 4.42. The molecule has 12 heteroatoms. The Balaban J connectivity index is 1.65. The molecule has 0 spiro atoms. The van der Waals surface area contributed by atoms with Gasteiger partial charge >= 0.3 is 0 Å². The number of carbonyl (C=O) groups excluding carboxylic acids is 2. The molecule has 2 aromatic carbocycles. The van der Waals surface area contributed by atoms with Crippen molar-refractivity contribution in [3.8, 4) is 5.75 Å². The molecule has 0 saturated carbocycles. The number of carbonyl (C=O) groups is 2. The first kappa shape index (κ1) is 27.2. The molecule has 1 fully saturated rings. The van der Waals surface area contributed by atoms with Gasteiger partial charge in [-0.25, -0.2) is 18.7 Å². The van der Waals surface area contributed by atoms with Crippen molar-refractivity contribution in [2.24, 2.45) is 0 Å². The zero-order valence-electron chi connectivity index (χ0n) is 20.6. The maximum absolute atomic E-state index is 14.5. The number of hydrogen-bond donors (Lipinski definition) is 2. The third kappa shape index (κ3) is 6.00. The van der Waals surface area contributed by atoms with Crippen LogP contribution in [0.2, 0.25) is 5.02 Å². The van der Waals surface area contributed by atoms with E-state index in [9.17, 15) is 18.4 Å². The van der Waals surface area contributed by atoms with Crippen LogP contribution in [0, 0.1) is 11.6 Å². The quantitative estimate of drug-likeness (QED) is 0.213. The maximum atomic E-state index is 14.5. The molecule has 1 aromatic heterocycles. The van der Waals surface area contributed by atoms with Crippen LogP contribution in [0.1, 0.15) is 19.3 Å². The van der Waals surface area contributed by atoms with E-state index < -0.39 is 16.7 Å². The van der Waals surface area contributed by atoms with E-state index in [1.807, 2.05) is 0 Å². The Labute approximate surface area is 222 Å². The van der Waals surface area contributed by atoms with Gasteiger partial charge in [0.1, 0.15) is 35.3 Å². The molecule has 3 aromatic rings. The van der Waals surface area contributed by atoms with E-state index in [2.05, 4.69) is 27.2 Å². The minimum atomic E-state index is -0.971. The van der Waals surface area contributed by atoms with E-state index >= 15 is 0 Å². The summed E-state index contributed by atoms with van der Waals surface area (Å²) < 4.78 is 39.0. The number of nitrogens with one attached hydrogen (secondary N) is 2. The average Bonchev–Trinajstić information content (AvgIpc) is 3.37. The second kappa shape index (κ2) is 12.1. The van der Waals surface area contributed by atoms with Crippen LogP contribution in [0.25, 0.3) is 10.9 Å². The van der Waals surface area contributed by atoms with Crippen molar-refractivity contribution in [1.82, 2.24) is 14.9 Å². The monoisotopic (exact) mass is 545 g/mol. The van der Waals surface area contributed by atoms with Crippen molar-refractivity contribution in [2.75, 3.05) is 37.5 Å². The van der Waals surface area contributed by atoms with Crippen molar-refractivity contribution in [2.45, 2.75) is 25.3 Å². The van der Waals surface area contributed by atoms with E-state index in [0.717, 1.165) is 12.5 Å². The fraction of sp³-hybridized carbons (Fsp3) is 0.308. The highest BCUT2D eigenvalue weighted by atomic mass is 35.5. The molecule has 0 bridgehead atoms. The minimum absolute atomic E-state index is 0.0874. The number of fused-ring (bicyclic) bond motifs is 1. The Hall–Kier alpha value is -3.83. The number of rotatable bonds is 10. The van der Waals surface area contributed by atoms with Gasteiger partial charge in [-0.2, -0.15) is 0 Å². The normalized spacial score (nSPS) is 14.9. The summed E-state index contributed by atoms with van der Waals surface area (Å²) in [6, 6.07) is 5.21. The topological polar surface area (TPSA) is 106 Å². The van der Waals surface area contributed by atoms with Crippen LogP contribution < -0.4 is 15.4 Å². The van der Waals surface area contributed by atoms with E-state index in [1.165, 1.54) is 25.6 Å². The van der Waals surface area contributed by atoms with E-state index in [4.69, 9.17) is 21.1 Å². The van der Waals surface area contributed by atoms with Crippen molar-refractivity contribution in [1.29, 1.82) is 0 Å². The smallest absolute Gasteiger partial charge is 0.246 e. The fourth-order valence-electron chi connectivity index (χ4n) is 4.26. The van der Waals surface area contributed by atoms with Gasteiger partial charge in [0.15, 0.2) is 5.82 Å². The Morgan fingerprint density at radius 3 is 2.82 bits per heavy atom. The van der Waals surface area contributed by atoms with Crippen LogP contribution in [-0.4, -0.2) is 59.6 Å². The van der Waals surface area contributed by atoms with Crippen molar-refractivity contribution >= 4 is 51.5 Å². The van der Waals surface area contributed by atoms with Gasteiger partial charge in [-0.3, -0.25) is 9.59 Å². The standard InChI is InChI=1S/C26H26ClF2N5O4/c1-3-23(36)34-8-4-5-15(34)11-22(35)32-20-12-16-19(13-21(20)38-10-9-37-2)30-14-31-26(16)33-18-7-6-17(28)24(27)25(18)29/h3,6-7,12-15H,1,4-5,8-11H2,2H3,(H,32,35)(H,30,31,33)/t15-/m0/s1. The summed E-state index contributed by atoms with van der Waals surface area (Å²) in [5.41, 5.74) is 0.685. The Kier molecular flexibility index (Phi) is 8.70. The number of halogens is 3. The minimum Gasteiger partial charge on any atom is -0.489 e. The second-order valence-corrected chi connectivity index (χ2v) is 8.94. The lowest BCUT2D eigenvalue weighted by Gasteiger charge is -2.23. The summed E-state index contributed by atoms with van der Waals surface area (Å²) in [4.78, 5) is 35.3. The van der Waals surface area contributed by atoms with Gasteiger partial charge in [0.05, 0.1) is 23.5 Å². The predicted molar refractivity (Wildman–Crippen MR) is 140 cm³/mol. The lowest BCUT2D eigenvalue weighted by molar-refractivity contribution is -0.127. The number of anilines is 3. The third-order valence-corrected chi connectivity index (χ3v) is 6.45. The predicted octanol–water partition coefficient (Wildman–Crippen LogP) is 4.84. The SMILES string of the molecule is C=CC(=O)N1CCC[C@H]1CC(=O)Nc1cc2c(Nc3ccc(F)c(Cl)c3F)ncnc2cc1OCCOC. The van der Waals surface area contributed by atoms with Crippen LogP contribution >= 0.6 is 11.6 Å². The molecule has 0 radical (unpaired) electrons. The highest BCUT2D eigenvalue weighted by Gasteiger charge is 2.29. The number of likely N-dealkylation sites (tertiary alicyclic amines) is 1. The molecule has 0 unspecified atom stereocenters. The van der Waals surface area contributed by atoms with Gasteiger partial charge in [0.2, 0.25) is 11.8 Å². The molecule has 9 nitrogen and oxygen atoms in total. The summed E-state index contributed by atoms with van der Waals surface area (Å²) >= 11 is 5.71. The molecule has 1 saturated heterocycles. The molecule has 2 heterocycles. The zero-order valence-corrected chi connectivity index (χ0v) is 21.4. The summed E-state index contributed by atoms with van der Waals surface area (Å²) in [6.07, 6.45) is 4.11. The first-order valence-electron chi connectivity index (χ1n) is 11.9. The first-order valence-corrected chi connectivity index (χ1v) is 12.2. The maximum Gasteiger partial charge on any atom is 0.246 e. The average molecular weight is 546 g/mol. The number of ether oxygens (including phenoxy) is 2. The Bertz CT molecular complexity index is 1370. The number of aromatic nitrogens is 2. The van der Waals surface area contributed by atoms with Gasteiger partial charge in [-0.15, -0.1) is 0 Å². The summed E-state index contributed by atoms with van der Waals surface area (Å²) in [7, 11) is 1.54. The second-order valence-electron chi connectivity index (χ2n) is 8.56. The highest BCUT2D eigenvalue weighted by molar-refractivity contribution is 6.31. The van der Waals surface area contributed by atoms with Gasteiger partial charge in [0, 0.05) is 37.6 Å². The van der Waals surface area contributed by atoms with Crippen LogP contribution in [0.15, 0.2) is 43.2 Å². The Morgan fingerprint density at radius 1 is 1.24 bits per heavy atom. The van der Waals surface area contributed by atoms with Crippen molar-refractivity contribution in [3.63, 3.8) is 0 Å². The van der Waals surface area contributed by atoms with Gasteiger partial charge in [-0.1, -0.05) is 18.2 Å². The van der Waals surface area contributed by atoms with E-state index in [0.29, 0.717) is 41.9 Å². The third-order valence-electron chi connectivity index (χ3n) is 6.10. The molecular formula is C26H26ClF2N5O4. The van der Waals surface area contributed by atoms with Gasteiger partial charge in [0.25, 0.3) is 0 Å². The van der Waals surface area contributed by atoms with Gasteiger partial charge < -0.3 is 25.0 Å². The summed E-state index contributed by atoms with van der Waals surface area (Å²) in [5.74, 6) is -1.85. The summed E-state index contributed by atoms with van der Waals surface area (Å²) in [6.45, 7) is 4.63. The van der Waals surface area contributed by atoms with E-state index in [-0.39, 0.29) is 42.4 Å². The van der Waals surface area contributed by atoms with Crippen LogP contribution in [0.3, 0.4) is 0 Å². The molecule has 4 rings (SSSR count). The molecule has 1 atom stereocenters. The molecular weight excluding hydrogens is 520 g/mol. The van der Waals surface area contributed by atoms with Crippen molar-refractivity contribution < 1.29 is 27.8 Å². The molecule has 2 N–H and O–H groups in total. The molecule has 200 valence electrons. The number of nitrogens with zero attached hydrogens (tertiary/aromatic N) is 3. The lowest BCUT2D eigenvalue weighted by Crippen LogP contribution is -2.36. The van der Waals surface area contributed by atoms with Gasteiger partial charge in [-0.05, 0) is 37.1 Å². The van der Waals surface area contributed by atoms with Crippen LogP contribution in [-0.2, 0) is 14.3 Å². The molecule has 0 aliphatic carbocycles. The van der Waals surface area contributed by atoms with Crippen LogP contribution in [0.5, 0.6) is 5.75 Å². The number of benzene rings is 2. The number of amides is 2. The number of methoxy groups -OCH3 is 1. The largest absolute Gasteiger partial charge is 0.489 e. The molecule has 1 aliphatic rings. The highest BCUT2D eigenvalue weighted by Crippen LogP contribution is 2.35. The molecule has 1 aliphatic heterocycles. The van der Waals surface area contributed by atoms with Crippen molar-refractivity contribution in [3.05, 3.63) is 59.9 Å². The summed E-state index contributed by atoms with van der Waals surface area (Å²) in [5, 5.41) is 5.46. The van der Waals surface area contributed by atoms with E-state index in [1.54, 1.807) is 17.0 Å².